The van der Waals surface area contributed by atoms with Gasteiger partial charge in [0, 0.05) is 24.1 Å². The van der Waals surface area contributed by atoms with Gasteiger partial charge in [0.05, 0.1) is 5.69 Å². The van der Waals surface area contributed by atoms with Crippen molar-refractivity contribution in [2.75, 3.05) is 13.1 Å². The van der Waals surface area contributed by atoms with Crippen molar-refractivity contribution >= 4 is 5.78 Å². The molecule has 1 saturated heterocycles. The van der Waals surface area contributed by atoms with Crippen LogP contribution in [-0.2, 0) is 6.54 Å². The predicted molar refractivity (Wildman–Crippen MR) is 82.5 cm³/mol. The van der Waals surface area contributed by atoms with E-state index in [1.165, 1.54) is 0 Å². The molecular formula is C16H21F3N4O. The van der Waals surface area contributed by atoms with Gasteiger partial charge in [-0.2, -0.15) is 13.2 Å². The second-order valence-electron chi connectivity index (χ2n) is 6.54. The lowest BCUT2D eigenvalue weighted by atomic mass is 9.91. The van der Waals surface area contributed by atoms with Gasteiger partial charge in [-0.25, -0.2) is 9.97 Å². The van der Waals surface area contributed by atoms with Crippen molar-refractivity contribution in [3.63, 3.8) is 0 Å². The number of aliphatic hydroxyl groups excluding tert-OH is 1. The summed E-state index contributed by atoms with van der Waals surface area (Å²) in [5, 5.41) is 9.37. The van der Waals surface area contributed by atoms with Gasteiger partial charge in [-0.3, -0.25) is 9.30 Å². The summed E-state index contributed by atoms with van der Waals surface area (Å²) in [6.45, 7) is 5.53. The summed E-state index contributed by atoms with van der Waals surface area (Å²) in [6, 6.07) is 1.97. The number of hydrogen-bond acceptors (Lipinski definition) is 4. The molecule has 0 aliphatic carbocycles. The number of imidazole rings is 1. The van der Waals surface area contributed by atoms with Crippen LogP contribution in [0.1, 0.15) is 29.9 Å². The van der Waals surface area contributed by atoms with Gasteiger partial charge < -0.3 is 5.11 Å². The Hall–Kier alpha value is -1.67. The average molecular weight is 342 g/mol. The number of hydrogen-bond donors (Lipinski definition) is 1. The van der Waals surface area contributed by atoms with E-state index in [0.717, 1.165) is 17.1 Å². The van der Waals surface area contributed by atoms with Crippen molar-refractivity contribution in [2.45, 2.75) is 45.5 Å². The number of aliphatic hydroxyl groups is 1. The van der Waals surface area contributed by atoms with Crippen molar-refractivity contribution in [1.82, 2.24) is 19.3 Å². The molecule has 0 aromatic carbocycles. The van der Waals surface area contributed by atoms with Gasteiger partial charge in [0.2, 0.25) is 5.78 Å². The molecule has 0 saturated carbocycles. The van der Waals surface area contributed by atoms with Crippen LogP contribution >= 0.6 is 0 Å². The highest BCUT2D eigenvalue weighted by molar-refractivity contribution is 5.34. The molecule has 0 amide bonds. The molecule has 0 radical (unpaired) electrons. The van der Waals surface area contributed by atoms with Gasteiger partial charge in [-0.15, -0.1) is 0 Å². The quantitative estimate of drug-likeness (QED) is 0.931. The third-order valence-electron chi connectivity index (χ3n) is 4.61. The number of nitrogens with zero attached hydrogens (tertiary/aromatic N) is 4. The lowest BCUT2D eigenvalue weighted by Gasteiger charge is -2.34. The van der Waals surface area contributed by atoms with Crippen LogP contribution in [0.5, 0.6) is 0 Å². The van der Waals surface area contributed by atoms with Crippen LogP contribution in [0.15, 0.2) is 12.3 Å². The minimum Gasteiger partial charge on any atom is -0.383 e. The fourth-order valence-electron chi connectivity index (χ4n) is 3.32. The smallest absolute Gasteiger partial charge is 0.383 e. The molecule has 1 N–H and O–H groups in total. The molecule has 132 valence electrons. The van der Waals surface area contributed by atoms with E-state index in [4.69, 9.17) is 0 Å². The Morgan fingerprint density at radius 2 is 1.92 bits per heavy atom. The normalized spacial score (nSPS) is 19.1. The highest BCUT2D eigenvalue weighted by atomic mass is 19.4. The molecular weight excluding hydrogens is 321 g/mol. The summed E-state index contributed by atoms with van der Waals surface area (Å²) in [7, 11) is 0. The molecule has 0 bridgehead atoms. The monoisotopic (exact) mass is 342 g/mol. The molecule has 3 rings (SSSR count). The maximum Gasteiger partial charge on any atom is 0.414 e. The third kappa shape index (κ3) is 3.54. The summed E-state index contributed by atoms with van der Waals surface area (Å²) in [4.78, 5) is 11.0. The number of likely N-dealkylation sites (tertiary alicyclic amines) is 1. The Balaban J connectivity index is 1.63. The lowest BCUT2D eigenvalue weighted by Crippen LogP contribution is -2.43. The first-order valence-electron chi connectivity index (χ1n) is 8.03. The second-order valence-corrected chi connectivity index (χ2v) is 6.54. The zero-order valence-electron chi connectivity index (χ0n) is 13.7. The summed E-state index contributed by atoms with van der Waals surface area (Å²) < 4.78 is 39.7. The number of rotatable bonds is 3. The molecule has 24 heavy (non-hydrogen) atoms. The summed E-state index contributed by atoms with van der Waals surface area (Å²) >= 11 is 0. The zero-order valence-corrected chi connectivity index (χ0v) is 13.7. The van der Waals surface area contributed by atoms with Crippen LogP contribution in [0.4, 0.5) is 13.2 Å². The fourth-order valence-corrected chi connectivity index (χ4v) is 3.32. The first-order chi connectivity index (χ1) is 11.2. The SMILES string of the molecule is Cc1cc(C)n2cc(CN3CCC(C(O)C(F)(F)F)CC3)nc2n1. The van der Waals surface area contributed by atoms with E-state index in [1.807, 2.05) is 30.5 Å². The highest BCUT2D eigenvalue weighted by Crippen LogP contribution is 2.31. The average Bonchev–Trinajstić information content (AvgIpc) is 2.89. The van der Waals surface area contributed by atoms with Crippen molar-refractivity contribution in [1.29, 1.82) is 0 Å². The maximum absolute atomic E-state index is 12.6. The topological polar surface area (TPSA) is 53.7 Å². The zero-order chi connectivity index (χ0) is 17.5. The minimum atomic E-state index is -4.53. The molecule has 0 spiro atoms. The van der Waals surface area contributed by atoms with Gasteiger partial charge >= 0.3 is 6.18 Å². The molecule has 1 aliphatic heterocycles. The number of aromatic nitrogens is 3. The number of halogens is 3. The van der Waals surface area contributed by atoms with E-state index in [0.29, 0.717) is 38.3 Å². The van der Waals surface area contributed by atoms with E-state index in [-0.39, 0.29) is 0 Å². The molecule has 3 heterocycles. The van der Waals surface area contributed by atoms with Crippen LogP contribution in [0, 0.1) is 19.8 Å². The molecule has 5 nitrogen and oxygen atoms in total. The number of fused-ring (bicyclic) bond motifs is 1. The van der Waals surface area contributed by atoms with Crippen LogP contribution in [0.25, 0.3) is 5.78 Å². The van der Waals surface area contributed by atoms with E-state index < -0.39 is 18.2 Å². The third-order valence-corrected chi connectivity index (χ3v) is 4.61. The Bertz CT molecular complexity index is 720. The summed E-state index contributed by atoms with van der Waals surface area (Å²) in [6.07, 6.45) is -4.15. The van der Waals surface area contributed by atoms with Crippen LogP contribution in [0.3, 0.4) is 0 Å². The van der Waals surface area contributed by atoms with Crippen LogP contribution < -0.4 is 0 Å². The fraction of sp³-hybridized carbons (Fsp3) is 0.625. The Morgan fingerprint density at radius 3 is 2.54 bits per heavy atom. The Labute approximate surface area is 138 Å². The Morgan fingerprint density at radius 1 is 1.25 bits per heavy atom. The van der Waals surface area contributed by atoms with Gasteiger partial charge in [0.1, 0.15) is 0 Å². The maximum atomic E-state index is 12.6. The molecule has 2 aromatic heterocycles. The molecule has 1 atom stereocenters. The van der Waals surface area contributed by atoms with Crippen molar-refractivity contribution < 1.29 is 18.3 Å². The van der Waals surface area contributed by atoms with Crippen LogP contribution in [0.2, 0.25) is 0 Å². The van der Waals surface area contributed by atoms with Gasteiger partial charge in [0.25, 0.3) is 0 Å². The van der Waals surface area contributed by atoms with Gasteiger partial charge in [-0.1, -0.05) is 0 Å². The predicted octanol–water partition coefficient (Wildman–Crippen LogP) is 2.48. The summed E-state index contributed by atoms with van der Waals surface area (Å²) in [5.41, 5.74) is 2.80. The van der Waals surface area contributed by atoms with Crippen molar-refractivity contribution in [3.8, 4) is 0 Å². The van der Waals surface area contributed by atoms with Gasteiger partial charge in [0.15, 0.2) is 6.10 Å². The lowest BCUT2D eigenvalue weighted by molar-refractivity contribution is -0.223. The molecule has 1 aliphatic rings. The molecule has 1 fully saturated rings. The van der Waals surface area contributed by atoms with E-state index >= 15 is 0 Å². The summed E-state index contributed by atoms with van der Waals surface area (Å²) in [5.74, 6) is -0.0706. The minimum absolute atomic E-state index is 0.338. The van der Waals surface area contributed by atoms with E-state index in [9.17, 15) is 18.3 Å². The first kappa shape index (κ1) is 17.2. The largest absolute Gasteiger partial charge is 0.414 e. The number of piperidine rings is 1. The Kier molecular flexibility index (Phi) is 4.52. The number of alkyl halides is 3. The highest BCUT2D eigenvalue weighted by Gasteiger charge is 2.44. The first-order valence-corrected chi connectivity index (χ1v) is 8.03. The van der Waals surface area contributed by atoms with E-state index in [1.54, 1.807) is 0 Å². The van der Waals surface area contributed by atoms with Crippen molar-refractivity contribution in [2.24, 2.45) is 5.92 Å². The van der Waals surface area contributed by atoms with Gasteiger partial charge in [-0.05, 0) is 51.8 Å². The molecule has 1 unspecified atom stereocenters. The van der Waals surface area contributed by atoms with Crippen LogP contribution in [-0.4, -0.2) is 49.7 Å². The molecule has 8 heteroatoms. The standard InChI is InChI=1S/C16H21F3N4O/c1-10-7-11(2)23-9-13(21-15(23)20-10)8-22-5-3-12(4-6-22)14(24)16(17,18)19/h7,9,12,14,24H,3-6,8H2,1-2H3. The molecule has 2 aromatic rings. The van der Waals surface area contributed by atoms with E-state index in [2.05, 4.69) is 14.9 Å². The second kappa shape index (κ2) is 6.33. The van der Waals surface area contributed by atoms with Crippen molar-refractivity contribution in [3.05, 3.63) is 29.3 Å². The number of aryl methyl sites for hydroxylation is 2.